The van der Waals surface area contributed by atoms with Crippen molar-refractivity contribution in [1.29, 1.82) is 0 Å². The van der Waals surface area contributed by atoms with Crippen LogP contribution in [0.3, 0.4) is 0 Å². The molecule has 0 saturated heterocycles. The third kappa shape index (κ3) is 3.74. The molecule has 2 aliphatic rings. The minimum absolute atomic E-state index is 0.0221. The number of nitrogens with one attached hydrogen (secondary N) is 1. The molecule has 2 fully saturated rings. The van der Waals surface area contributed by atoms with E-state index in [9.17, 15) is 5.11 Å². The summed E-state index contributed by atoms with van der Waals surface area (Å²) in [5.41, 5.74) is 0. The van der Waals surface area contributed by atoms with Gasteiger partial charge in [0.2, 0.25) is 0 Å². The SMILES string of the molecule is CCCC(NCC1CCCC(O)C1)C1CC1. The number of hydrogen-bond donors (Lipinski definition) is 2. The molecule has 0 amide bonds. The van der Waals surface area contributed by atoms with Crippen LogP contribution in [-0.2, 0) is 0 Å². The van der Waals surface area contributed by atoms with Gasteiger partial charge in [-0.15, -0.1) is 0 Å². The van der Waals surface area contributed by atoms with Gasteiger partial charge in [-0.05, 0) is 56.9 Å². The molecule has 0 aliphatic heterocycles. The van der Waals surface area contributed by atoms with Gasteiger partial charge in [0.25, 0.3) is 0 Å². The second-order valence-electron chi connectivity index (χ2n) is 5.83. The smallest absolute Gasteiger partial charge is 0.0543 e. The van der Waals surface area contributed by atoms with Crippen molar-refractivity contribution in [2.45, 2.75) is 70.4 Å². The lowest BCUT2D eigenvalue weighted by Gasteiger charge is -2.28. The molecule has 2 saturated carbocycles. The molecule has 0 radical (unpaired) electrons. The van der Waals surface area contributed by atoms with Gasteiger partial charge in [0.15, 0.2) is 0 Å². The normalized spacial score (nSPS) is 32.6. The summed E-state index contributed by atoms with van der Waals surface area (Å²) in [5, 5.41) is 13.4. The predicted molar refractivity (Wildman–Crippen MR) is 67.4 cm³/mol. The maximum Gasteiger partial charge on any atom is 0.0543 e. The van der Waals surface area contributed by atoms with Crippen LogP contribution in [0.25, 0.3) is 0 Å². The average Bonchev–Trinajstić information content (AvgIpc) is 3.08. The van der Waals surface area contributed by atoms with Gasteiger partial charge in [-0.2, -0.15) is 0 Å². The second-order valence-corrected chi connectivity index (χ2v) is 5.83. The first-order valence-corrected chi connectivity index (χ1v) is 7.21. The number of rotatable bonds is 6. The number of aliphatic hydroxyl groups excluding tert-OH is 1. The van der Waals surface area contributed by atoms with E-state index in [-0.39, 0.29) is 6.10 Å². The van der Waals surface area contributed by atoms with Crippen molar-refractivity contribution in [1.82, 2.24) is 5.32 Å². The maximum absolute atomic E-state index is 9.64. The van der Waals surface area contributed by atoms with Crippen molar-refractivity contribution in [2.24, 2.45) is 11.8 Å². The van der Waals surface area contributed by atoms with Gasteiger partial charge >= 0.3 is 0 Å². The third-order valence-corrected chi connectivity index (χ3v) is 4.21. The van der Waals surface area contributed by atoms with Crippen LogP contribution in [-0.4, -0.2) is 23.8 Å². The van der Waals surface area contributed by atoms with Gasteiger partial charge in [0, 0.05) is 6.04 Å². The van der Waals surface area contributed by atoms with E-state index in [1.54, 1.807) is 0 Å². The van der Waals surface area contributed by atoms with Crippen molar-refractivity contribution in [2.75, 3.05) is 6.54 Å². The molecule has 0 aromatic rings. The molecule has 0 bridgehead atoms. The standard InChI is InChI=1S/C14H27NO/c1-2-4-14(12-7-8-12)15-10-11-5-3-6-13(16)9-11/h11-16H,2-10H2,1H3. The van der Waals surface area contributed by atoms with Crippen LogP contribution in [0.1, 0.15) is 58.3 Å². The zero-order chi connectivity index (χ0) is 11.4. The van der Waals surface area contributed by atoms with Crippen LogP contribution in [0.15, 0.2) is 0 Å². The molecule has 3 unspecified atom stereocenters. The summed E-state index contributed by atoms with van der Waals surface area (Å²) in [6.07, 6.45) is 10.1. The molecule has 2 nitrogen and oxygen atoms in total. The highest BCUT2D eigenvalue weighted by atomic mass is 16.3. The highest BCUT2D eigenvalue weighted by Gasteiger charge is 2.31. The van der Waals surface area contributed by atoms with Gasteiger partial charge in [-0.25, -0.2) is 0 Å². The van der Waals surface area contributed by atoms with E-state index in [1.807, 2.05) is 0 Å². The van der Waals surface area contributed by atoms with E-state index >= 15 is 0 Å². The largest absolute Gasteiger partial charge is 0.393 e. The lowest BCUT2D eigenvalue weighted by atomic mass is 9.87. The molecule has 0 heterocycles. The van der Waals surface area contributed by atoms with Crippen LogP contribution in [0.5, 0.6) is 0 Å². The molecule has 0 aromatic heterocycles. The summed E-state index contributed by atoms with van der Waals surface area (Å²) in [6.45, 7) is 3.42. The fraction of sp³-hybridized carbons (Fsp3) is 1.00. The maximum atomic E-state index is 9.64. The lowest BCUT2D eigenvalue weighted by molar-refractivity contribution is 0.0991. The molecule has 16 heavy (non-hydrogen) atoms. The first-order valence-electron chi connectivity index (χ1n) is 7.21. The summed E-state index contributed by atoms with van der Waals surface area (Å²) < 4.78 is 0. The van der Waals surface area contributed by atoms with E-state index in [1.165, 1.54) is 38.5 Å². The monoisotopic (exact) mass is 225 g/mol. The number of hydrogen-bond acceptors (Lipinski definition) is 2. The summed E-state index contributed by atoms with van der Waals surface area (Å²) >= 11 is 0. The van der Waals surface area contributed by atoms with Crippen molar-refractivity contribution in [3.63, 3.8) is 0 Å². The molecule has 94 valence electrons. The molecule has 2 aliphatic carbocycles. The molecule has 2 N–H and O–H groups in total. The summed E-state index contributed by atoms with van der Waals surface area (Å²) in [4.78, 5) is 0. The second kappa shape index (κ2) is 6.02. The topological polar surface area (TPSA) is 32.3 Å². The van der Waals surface area contributed by atoms with Gasteiger partial charge in [-0.1, -0.05) is 19.8 Å². The summed E-state index contributed by atoms with van der Waals surface area (Å²) in [7, 11) is 0. The van der Waals surface area contributed by atoms with Crippen LogP contribution in [0.4, 0.5) is 0 Å². The number of aliphatic hydroxyl groups is 1. The van der Waals surface area contributed by atoms with Gasteiger partial charge in [0.1, 0.15) is 0 Å². The van der Waals surface area contributed by atoms with Crippen LogP contribution in [0, 0.1) is 11.8 Å². The average molecular weight is 225 g/mol. The molecular formula is C14H27NO. The molecule has 0 spiro atoms. The first kappa shape index (κ1) is 12.4. The fourth-order valence-corrected chi connectivity index (χ4v) is 3.08. The molecular weight excluding hydrogens is 198 g/mol. The Morgan fingerprint density at radius 1 is 1.25 bits per heavy atom. The van der Waals surface area contributed by atoms with Crippen LogP contribution in [0.2, 0.25) is 0 Å². The van der Waals surface area contributed by atoms with Crippen molar-refractivity contribution in [3.8, 4) is 0 Å². The minimum Gasteiger partial charge on any atom is -0.393 e. The van der Waals surface area contributed by atoms with Crippen molar-refractivity contribution < 1.29 is 5.11 Å². The third-order valence-electron chi connectivity index (χ3n) is 4.21. The summed E-state index contributed by atoms with van der Waals surface area (Å²) in [5.74, 6) is 1.69. The minimum atomic E-state index is -0.0221. The molecule has 3 atom stereocenters. The van der Waals surface area contributed by atoms with E-state index in [2.05, 4.69) is 12.2 Å². The Morgan fingerprint density at radius 3 is 2.69 bits per heavy atom. The Labute approximate surface area is 99.8 Å². The van der Waals surface area contributed by atoms with Crippen molar-refractivity contribution >= 4 is 0 Å². The van der Waals surface area contributed by atoms with Crippen LogP contribution < -0.4 is 5.32 Å². The quantitative estimate of drug-likeness (QED) is 0.728. The van der Waals surface area contributed by atoms with Gasteiger partial charge < -0.3 is 10.4 Å². The van der Waals surface area contributed by atoms with Gasteiger partial charge in [-0.3, -0.25) is 0 Å². The Balaban J connectivity index is 1.67. The lowest BCUT2D eigenvalue weighted by Crippen LogP contribution is -2.37. The highest BCUT2D eigenvalue weighted by Crippen LogP contribution is 2.35. The Hall–Kier alpha value is -0.0800. The van der Waals surface area contributed by atoms with E-state index in [0.717, 1.165) is 37.3 Å². The van der Waals surface area contributed by atoms with E-state index in [4.69, 9.17) is 0 Å². The Morgan fingerprint density at radius 2 is 2.06 bits per heavy atom. The van der Waals surface area contributed by atoms with E-state index < -0.39 is 0 Å². The molecule has 0 aromatic carbocycles. The molecule has 2 rings (SSSR count). The predicted octanol–water partition coefficient (Wildman–Crippen LogP) is 2.71. The Bertz CT molecular complexity index is 203. The highest BCUT2D eigenvalue weighted by molar-refractivity contribution is 4.87. The zero-order valence-corrected chi connectivity index (χ0v) is 10.6. The zero-order valence-electron chi connectivity index (χ0n) is 10.6. The van der Waals surface area contributed by atoms with Crippen LogP contribution >= 0.6 is 0 Å². The fourth-order valence-electron chi connectivity index (χ4n) is 3.08. The van der Waals surface area contributed by atoms with E-state index in [0.29, 0.717) is 0 Å². The molecule has 2 heteroatoms. The summed E-state index contributed by atoms with van der Waals surface area (Å²) in [6, 6.07) is 0.768. The van der Waals surface area contributed by atoms with Crippen molar-refractivity contribution in [3.05, 3.63) is 0 Å². The Kier molecular flexibility index (Phi) is 4.66. The van der Waals surface area contributed by atoms with Gasteiger partial charge in [0.05, 0.1) is 6.10 Å². The first-order chi connectivity index (χ1) is 7.79.